The zero-order valence-electron chi connectivity index (χ0n) is 7.27. The molecule has 14 heavy (non-hydrogen) atoms. The summed E-state index contributed by atoms with van der Waals surface area (Å²) in [6, 6.07) is 9.15. The second-order valence-electron chi connectivity index (χ2n) is 2.78. The number of nitriles is 1. The first-order valence-electron chi connectivity index (χ1n) is 4.01. The average Bonchev–Trinajstić information content (AvgIpc) is 2.27. The van der Waals surface area contributed by atoms with Crippen molar-refractivity contribution < 1.29 is 4.84 Å². The van der Waals surface area contributed by atoms with Gasteiger partial charge in [0.15, 0.2) is 0 Å². The summed E-state index contributed by atoms with van der Waals surface area (Å²) in [5.41, 5.74) is 0.559. The number of nitrogens with two attached hydrogens (primary N) is 1. The lowest BCUT2D eigenvalue weighted by atomic mass is 10.1. The van der Waals surface area contributed by atoms with Gasteiger partial charge in [-0.25, -0.2) is 4.98 Å². The Morgan fingerprint density at radius 2 is 2.21 bits per heavy atom. The van der Waals surface area contributed by atoms with Crippen molar-refractivity contribution in [2.75, 3.05) is 0 Å². The standard InChI is InChI=1S/C10H7N3O/c11-6-7-1-2-8-3-4-13-10(14-12)9(8)5-7/h1-5H,12H2. The van der Waals surface area contributed by atoms with E-state index in [2.05, 4.69) is 9.82 Å². The summed E-state index contributed by atoms with van der Waals surface area (Å²) >= 11 is 0. The molecule has 0 atom stereocenters. The van der Waals surface area contributed by atoms with Crippen molar-refractivity contribution in [2.24, 2.45) is 5.90 Å². The third-order valence-electron chi connectivity index (χ3n) is 1.97. The van der Waals surface area contributed by atoms with E-state index in [4.69, 9.17) is 11.2 Å². The third-order valence-corrected chi connectivity index (χ3v) is 1.97. The van der Waals surface area contributed by atoms with E-state index < -0.39 is 0 Å². The Labute approximate surface area is 80.5 Å². The van der Waals surface area contributed by atoms with Crippen LogP contribution in [0, 0.1) is 11.3 Å². The van der Waals surface area contributed by atoms with Crippen molar-refractivity contribution in [1.82, 2.24) is 4.98 Å². The molecule has 1 aromatic heterocycles. The number of hydrogen-bond donors (Lipinski definition) is 1. The van der Waals surface area contributed by atoms with Gasteiger partial charge in [-0.05, 0) is 23.6 Å². The Balaban J connectivity index is 2.78. The lowest BCUT2D eigenvalue weighted by molar-refractivity contribution is 0.325. The van der Waals surface area contributed by atoms with Gasteiger partial charge in [0, 0.05) is 11.6 Å². The average molecular weight is 185 g/mol. The zero-order valence-corrected chi connectivity index (χ0v) is 7.27. The van der Waals surface area contributed by atoms with Gasteiger partial charge >= 0.3 is 0 Å². The number of rotatable bonds is 1. The first-order valence-corrected chi connectivity index (χ1v) is 4.01. The number of aromatic nitrogens is 1. The molecule has 0 spiro atoms. The molecule has 0 saturated heterocycles. The molecule has 0 aliphatic rings. The predicted molar refractivity (Wildman–Crippen MR) is 51.3 cm³/mol. The van der Waals surface area contributed by atoms with Crippen LogP contribution in [-0.4, -0.2) is 4.98 Å². The first kappa shape index (κ1) is 8.48. The van der Waals surface area contributed by atoms with E-state index in [1.165, 1.54) is 0 Å². The van der Waals surface area contributed by atoms with Crippen molar-refractivity contribution in [2.45, 2.75) is 0 Å². The highest BCUT2D eigenvalue weighted by Gasteiger charge is 2.03. The van der Waals surface area contributed by atoms with E-state index >= 15 is 0 Å². The minimum Gasteiger partial charge on any atom is -0.391 e. The molecule has 4 nitrogen and oxygen atoms in total. The zero-order chi connectivity index (χ0) is 9.97. The van der Waals surface area contributed by atoms with E-state index in [9.17, 15) is 0 Å². The molecule has 2 aromatic rings. The Morgan fingerprint density at radius 3 is 2.93 bits per heavy atom. The molecule has 4 heteroatoms. The van der Waals surface area contributed by atoms with Crippen LogP contribution in [-0.2, 0) is 0 Å². The molecule has 0 unspecified atom stereocenters. The maximum absolute atomic E-state index is 8.72. The Morgan fingerprint density at radius 1 is 1.36 bits per heavy atom. The molecule has 1 heterocycles. The van der Waals surface area contributed by atoms with Crippen molar-refractivity contribution in [1.29, 1.82) is 5.26 Å². The lowest BCUT2D eigenvalue weighted by Crippen LogP contribution is -2.03. The second kappa shape index (κ2) is 3.32. The smallest absolute Gasteiger partial charge is 0.245 e. The van der Waals surface area contributed by atoms with Gasteiger partial charge in [-0.1, -0.05) is 6.07 Å². The number of fused-ring (bicyclic) bond motifs is 1. The molecular weight excluding hydrogens is 178 g/mol. The molecule has 2 rings (SSSR count). The van der Waals surface area contributed by atoms with Crippen LogP contribution < -0.4 is 10.7 Å². The normalized spacial score (nSPS) is 9.71. The van der Waals surface area contributed by atoms with Crippen molar-refractivity contribution >= 4 is 10.8 Å². The molecule has 0 aliphatic carbocycles. The van der Waals surface area contributed by atoms with Crippen LogP contribution in [0.25, 0.3) is 10.8 Å². The topological polar surface area (TPSA) is 71.9 Å². The van der Waals surface area contributed by atoms with E-state index in [1.807, 2.05) is 18.2 Å². The van der Waals surface area contributed by atoms with Crippen LogP contribution in [0.5, 0.6) is 5.88 Å². The number of benzene rings is 1. The molecule has 1 aromatic carbocycles. The highest BCUT2D eigenvalue weighted by atomic mass is 16.6. The van der Waals surface area contributed by atoms with Crippen LogP contribution >= 0.6 is 0 Å². The van der Waals surface area contributed by atoms with Gasteiger partial charge in [0.1, 0.15) is 0 Å². The van der Waals surface area contributed by atoms with Crippen LogP contribution in [0.1, 0.15) is 5.56 Å². The highest BCUT2D eigenvalue weighted by molar-refractivity contribution is 5.87. The highest BCUT2D eigenvalue weighted by Crippen LogP contribution is 2.22. The van der Waals surface area contributed by atoms with Crippen molar-refractivity contribution in [3.63, 3.8) is 0 Å². The van der Waals surface area contributed by atoms with Gasteiger partial charge in [0.25, 0.3) is 0 Å². The molecule has 0 aliphatic heterocycles. The number of hydrogen-bond acceptors (Lipinski definition) is 4. The van der Waals surface area contributed by atoms with Crippen LogP contribution in [0.2, 0.25) is 0 Å². The van der Waals surface area contributed by atoms with Gasteiger partial charge < -0.3 is 4.84 Å². The summed E-state index contributed by atoms with van der Waals surface area (Å²) in [6.07, 6.45) is 1.61. The molecule has 2 N–H and O–H groups in total. The molecule has 68 valence electrons. The van der Waals surface area contributed by atoms with Gasteiger partial charge in [-0.2, -0.15) is 11.2 Å². The molecule has 0 radical (unpaired) electrons. The first-order chi connectivity index (χ1) is 6.85. The van der Waals surface area contributed by atoms with E-state index in [0.717, 1.165) is 10.8 Å². The largest absolute Gasteiger partial charge is 0.391 e. The van der Waals surface area contributed by atoms with E-state index in [-0.39, 0.29) is 0 Å². The fraction of sp³-hybridized carbons (Fsp3) is 0. The summed E-state index contributed by atoms with van der Waals surface area (Å²) in [7, 11) is 0. The summed E-state index contributed by atoms with van der Waals surface area (Å²) < 4.78 is 0. The number of nitrogens with zero attached hydrogens (tertiary/aromatic N) is 2. The van der Waals surface area contributed by atoms with Crippen molar-refractivity contribution in [3.05, 3.63) is 36.0 Å². The molecule has 0 amide bonds. The SMILES string of the molecule is N#Cc1ccc2ccnc(ON)c2c1. The maximum atomic E-state index is 8.72. The monoisotopic (exact) mass is 185 g/mol. The molecule has 0 saturated carbocycles. The summed E-state index contributed by atoms with van der Waals surface area (Å²) in [5, 5.41) is 10.4. The summed E-state index contributed by atoms with van der Waals surface area (Å²) in [6.45, 7) is 0. The quantitative estimate of drug-likeness (QED) is 0.681. The van der Waals surface area contributed by atoms with Crippen LogP contribution in [0.3, 0.4) is 0 Å². The fourth-order valence-corrected chi connectivity index (χ4v) is 1.31. The minimum atomic E-state index is 0.333. The van der Waals surface area contributed by atoms with Crippen LogP contribution in [0.4, 0.5) is 0 Å². The Kier molecular flexibility index (Phi) is 2.01. The Bertz CT molecular complexity index is 516. The van der Waals surface area contributed by atoms with Crippen LogP contribution in [0.15, 0.2) is 30.5 Å². The summed E-state index contributed by atoms with van der Waals surface area (Å²) in [5.74, 6) is 5.39. The summed E-state index contributed by atoms with van der Waals surface area (Å²) in [4.78, 5) is 8.55. The lowest BCUT2D eigenvalue weighted by Gasteiger charge is -2.02. The number of pyridine rings is 1. The van der Waals surface area contributed by atoms with Crippen molar-refractivity contribution in [3.8, 4) is 11.9 Å². The maximum Gasteiger partial charge on any atom is 0.245 e. The molecular formula is C10H7N3O. The third kappa shape index (κ3) is 1.26. The predicted octanol–water partition coefficient (Wildman–Crippen LogP) is 1.36. The second-order valence-corrected chi connectivity index (χ2v) is 2.78. The minimum absolute atomic E-state index is 0.333. The Hall–Kier alpha value is -2.12. The van der Waals surface area contributed by atoms with Gasteiger partial charge in [0.05, 0.1) is 11.6 Å². The molecule has 0 fully saturated rings. The fourth-order valence-electron chi connectivity index (χ4n) is 1.31. The van der Waals surface area contributed by atoms with Gasteiger partial charge in [-0.3, -0.25) is 0 Å². The van der Waals surface area contributed by atoms with Gasteiger partial charge in [0.2, 0.25) is 5.88 Å². The van der Waals surface area contributed by atoms with E-state index in [1.54, 1.807) is 18.3 Å². The van der Waals surface area contributed by atoms with E-state index in [0.29, 0.717) is 11.4 Å². The van der Waals surface area contributed by atoms with Gasteiger partial charge in [-0.15, -0.1) is 0 Å². The molecule has 0 bridgehead atoms.